The molecule has 0 fully saturated rings. The van der Waals surface area contributed by atoms with Crippen LogP contribution in [-0.4, -0.2) is 22.0 Å². The van der Waals surface area contributed by atoms with Gasteiger partial charge in [-0.15, -0.1) is 0 Å². The summed E-state index contributed by atoms with van der Waals surface area (Å²) in [4.78, 5) is 16.6. The maximum atomic E-state index is 14.3. The SMILES string of the molecule is Cc1cc(C(=O)Nc2ccc(F)c([C@]3(C)CCSC(N)=N3)c2)no1. The molecule has 8 heteroatoms. The van der Waals surface area contributed by atoms with Crippen molar-refractivity contribution in [3.63, 3.8) is 0 Å². The van der Waals surface area contributed by atoms with Gasteiger partial charge in [0.05, 0.1) is 5.54 Å². The van der Waals surface area contributed by atoms with E-state index in [-0.39, 0.29) is 11.5 Å². The fourth-order valence-electron chi connectivity index (χ4n) is 2.56. The molecule has 0 bridgehead atoms. The highest BCUT2D eigenvalue weighted by atomic mass is 32.2. The molecular weight excluding hydrogens is 331 g/mol. The van der Waals surface area contributed by atoms with Gasteiger partial charge < -0.3 is 15.6 Å². The van der Waals surface area contributed by atoms with Gasteiger partial charge in [-0.25, -0.2) is 4.39 Å². The van der Waals surface area contributed by atoms with Crippen LogP contribution in [0.4, 0.5) is 10.1 Å². The zero-order valence-corrected chi connectivity index (χ0v) is 14.1. The molecule has 0 spiro atoms. The Bertz CT molecular complexity index is 820. The molecule has 1 aliphatic rings. The first-order valence-corrected chi connectivity index (χ1v) is 8.39. The van der Waals surface area contributed by atoms with Crippen LogP contribution < -0.4 is 11.1 Å². The van der Waals surface area contributed by atoms with Gasteiger partial charge in [0.1, 0.15) is 11.6 Å². The molecule has 0 saturated heterocycles. The van der Waals surface area contributed by atoms with Gasteiger partial charge in [0.25, 0.3) is 5.91 Å². The van der Waals surface area contributed by atoms with E-state index >= 15 is 0 Å². The Hall–Kier alpha value is -2.35. The Morgan fingerprint density at radius 1 is 1.46 bits per heavy atom. The summed E-state index contributed by atoms with van der Waals surface area (Å²) in [7, 11) is 0. The van der Waals surface area contributed by atoms with E-state index in [9.17, 15) is 9.18 Å². The number of aromatic nitrogens is 1. The fraction of sp³-hybridized carbons (Fsp3) is 0.312. The number of aliphatic imine (C=N–C) groups is 1. The summed E-state index contributed by atoms with van der Waals surface area (Å²) in [5, 5.41) is 6.80. The van der Waals surface area contributed by atoms with E-state index in [0.29, 0.717) is 28.6 Å². The molecule has 24 heavy (non-hydrogen) atoms. The summed E-state index contributed by atoms with van der Waals surface area (Å²) in [5.74, 6) is 0.505. The molecule has 6 nitrogen and oxygen atoms in total. The van der Waals surface area contributed by atoms with Gasteiger partial charge in [-0.1, -0.05) is 16.9 Å². The second-order valence-electron chi connectivity index (χ2n) is 5.79. The summed E-state index contributed by atoms with van der Waals surface area (Å²) in [5.41, 5.74) is 6.08. The van der Waals surface area contributed by atoms with Gasteiger partial charge in [0, 0.05) is 23.1 Å². The Morgan fingerprint density at radius 2 is 2.25 bits per heavy atom. The zero-order chi connectivity index (χ0) is 17.3. The molecule has 0 radical (unpaired) electrons. The third-order valence-corrected chi connectivity index (χ3v) is 4.66. The Kier molecular flexibility index (Phi) is 4.31. The van der Waals surface area contributed by atoms with E-state index in [1.807, 2.05) is 6.92 Å². The molecule has 1 aliphatic heterocycles. The smallest absolute Gasteiger partial charge is 0.277 e. The van der Waals surface area contributed by atoms with E-state index < -0.39 is 11.4 Å². The number of halogens is 1. The van der Waals surface area contributed by atoms with Crippen molar-refractivity contribution in [2.45, 2.75) is 25.8 Å². The first kappa shape index (κ1) is 16.5. The third kappa shape index (κ3) is 3.28. The van der Waals surface area contributed by atoms with E-state index in [1.165, 1.54) is 30.0 Å². The van der Waals surface area contributed by atoms with Gasteiger partial charge in [0.2, 0.25) is 0 Å². The van der Waals surface area contributed by atoms with Crippen molar-refractivity contribution in [1.82, 2.24) is 5.16 Å². The maximum absolute atomic E-state index is 14.3. The van der Waals surface area contributed by atoms with Crippen LogP contribution in [0.5, 0.6) is 0 Å². The zero-order valence-electron chi connectivity index (χ0n) is 13.3. The number of nitrogens with one attached hydrogen (secondary N) is 1. The van der Waals surface area contributed by atoms with Crippen LogP contribution in [0, 0.1) is 12.7 Å². The number of rotatable bonds is 3. The summed E-state index contributed by atoms with van der Waals surface area (Å²) in [6, 6.07) is 5.94. The molecule has 2 heterocycles. The average molecular weight is 348 g/mol. The highest BCUT2D eigenvalue weighted by molar-refractivity contribution is 8.13. The highest BCUT2D eigenvalue weighted by Crippen LogP contribution is 2.37. The number of benzene rings is 1. The van der Waals surface area contributed by atoms with Crippen molar-refractivity contribution >= 4 is 28.5 Å². The van der Waals surface area contributed by atoms with E-state index in [1.54, 1.807) is 13.0 Å². The summed E-state index contributed by atoms with van der Waals surface area (Å²) in [6.45, 7) is 3.54. The van der Waals surface area contributed by atoms with Gasteiger partial charge in [-0.05, 0) is 38.5 Å². The lowest BCUT2D eigenvalue weighted by molar-refractivity contribution is 0.101. The molecule has 2 aromatic rings. The summed E-state index contributed by atoms with van der Waals surface area (Å²) < 4.78 is 19.2. The summed E-state index contributed by atoms with van der Waals surface area (Å²) in [6.07, 6.45) is 0.662. The highest BCUT2D eigenvalue weighted by Gasteiger charge is 2.32. The molecule has 1 aromatic carbocycles. The van der Waals surface area contributed by atoms with E-state index in [2.05, 4.69) is 15.5 Å². The standard InChI is InChI=1S/C16H17FN4O2S/c1-9-7-13(21-23-9)14(22)19-10-3-4-12(17)11(8-10)16(2)5-6-24-15(18)20-16/h3-4,7-8H,5-6H2,1-2H3,(H2,18,20)(H,19,22)/t16-/m0/s1. The molecule has 0 aliphatic carbocycles. The van der Waals surface area contributed by atoms with Crippen LogP contribution in [0.15, 0.2) is 33.8 Å². The van der Waals surface area contributed by atoms with Crippen molar-refractivity contribution in [3.8, 4) is 0 Å². The van der Waals surface area contributed by atoms with Crippen LogP contribution in [0.25, 0.3) is 0 Å². The molecular formula is C16H17FN4O2S. The Morgan fingerprint density at radius 3 is 2.92 bits per heavy atom. The van der Waals surface area contributed by atoms with Crippen LogP contribution in [0.1, 0.15) is 35.2 Å². The molecule has 0 saturated carbocycles. The first-order chi connectivity index (χ1) is 11.4. The monoisotopic (exact) mass is 348 g/mol. The predicted molar refractivity (Wildman–Crippen MR) is 91.6 cm³/mol. The van der Waals surface area contributed by atoms with Gasteiger partial charge in [0.15, 0.2) is 10.9 Å². The molecule has 3 N–H and O–H groups in total. The Labute approximate surface area is 142 Å². The lowest BCUT2D eigenvalue weighted by Gasteiger charge is -2.30. The van der Waals surface area contributed by atoms with Gasteiger partial charge in [-0.3, -0.25) is 9.79 Å². The Balaban J connectivity index is 1.89. The van der Waals surface area contributed by atoms with E-state index in [0.717, 1.165) is 5.75 Å². The molecule has 126 valence electrons. The first-order valence-electron chi connectivity index (χ1n) is 7.40. The second-order valence-corrected chi connectivity index (χ2v) is 6.91. The lowest BCUT2D eigenvalue weighted by atomic mass is 9.89. The van der Waals surface area contributed by atoms with E-state index in [4.69, 9.17) is 10.3 Å². The number of aryl methyl sites for hydroxylation is 1. The number of nitrogens with two attached hydrogens (primary N) is 1. The number of hydrogen-bond acceptors (Lipinski definition) is 6. The van der Waals surface area contributed by atoms with Crippen LogP contribution in [0.3, 0.4) is 0 Å². The number of nitrogens with zero attached hydrogens (tertiary/aromatic N) is 2. The van der Waals surface area contributed by atoms with Crippen molar-refractivity contribution in [2.75, 3.05) is 11.1 Å². The van der Waals surface area contributed by atoms with Crippen LogP contribution in [-0.2, 0) is 5.54 Å². The second kappa shape index (κ2) is 6.27. The number of carbonyl (C=O) groups excluding carboxylic acids is 1. The normalized spacial score (nSPS) is 20.5. The molecule has 3 rings (SSSR count). The lowest BCUT2D eigenvalue weighted by Crippen LogP contribution is -2.29. The van der Waals surface area contributed by atoms with Crippen LogP contribution in [0.2, 0.25) is 0 Å². The topological polar surface area (TPSA) is 93.5 Å². The number of amides is 1. The van der Waals surface area contributed by atoms with Crippen molar-refractivity contribution < 1.29 is 13.7 Å². The molecule has 1 atom stereocenters. The number of carbonyl (C=O) groups is 1. The largest absolute Gasteiger partial charge is 0.379 e. The minimum Gasteiger partial charge on any atom is -0.379 e. The van der Waals surface area contributed by atoms with Gasteiger partial charge in [-0.2, -0.15) is 0 Å². The predicted octanol–water partition coefficient (Wildman–Crippen LogP) is 3.04. The van der Waals surface area contributed by atoms with Crippen molar-refractivity contribution in [2.24, 2.45) is 10.7 Å². The van der Waals surface area contributed by atoms with Gasteiger partial charge >= 0.3 is 0 Å². The maximum Gasteiger partial charge on any atom is 0.277 e. The van der Waals surface area contributed by atoms with Crippen molar-refractivity contribution in [3.05, 3.63) is 47.1 Å². The minimum absolute atomic E-state index is 0.168. The average Bonchev–Trinajstić information content (AvgIpc) is 2.95. The van der Waals surface area contributed by atoms with Crippen LogP contribution >= 0.6 is 11.8 Å². The number of hydrogen-bond donors (Lipinski definition) is 2. The molecule has 0 unspecified atom stereocenters. The quantitative estimate of drug-likeness (QED) is 0.889. The number of amidine groups is 1. The molecule has 1 amide bonds. The third-order valence-electron chi connectivity index (χ3n) is 3.86. The minimum atomic E-state index is -0.745. The van der Waals surface area contributed by atoms with Crippen molar-refractivity contribution in [1.29, 1.82) is 0 Å². The fourth-order valence-corrected chi connectivity index (χ4v) is 3.54. The number of anilines is 1. The summed E-state index contributed by atoms with van der Waals surface area (Å²) >= 11 is 1.45. The number of thioether (sulfide) groups is 1. The molecule has 1 aromatic heterocycles.